The lowest BCUT2D eigenvalue weighted by atomic mass is 10.3. The maximum Gasteiger partial charge on any atom is 0.0598 e. The maximum atomic E-state index is 2.41. The Bertz CT molecular complexity index is 210. The van der Waals surface area contributed by atoms with Crippen LogP contribution in [0.3, 0.4) is 0 Å². The Morgan fingerprint density at radius 1 is 0.684 bits per heavy atom. The standard InChI is InChI=1S/C18H36Si/c1-3-5-15-19(16-6-4-2,17-11-7-8-12-17)18-13-9-10-14-18/h17-18H,3-16H2,1-2H3. The topological polar surface area (TPSA) is 0 Å². The van der Waals surface area contributed by atoms with E-state index in [2.05, 4.69) is 13.8 Å². The molecule has 2 fully saturated rings. The zero-order valence-corrected chi connectivity index (χ0v) is 14.6. The zero-order chi connectivity index (χ0) is 13.6. The van der Waals surface area contributed by atoms with E-state index in [0.717, 1.165) is 0 Å². The molecule has 2 aliphatic rings. The van der Waals surface area contributed by atoms with Gasteiger partial charge in [0, 0.05) is 0 Å². The Balaban J connectivity index is 2.13. The molecule has 0 amide bonds. The van der Waals surface area contributed by atoms with Crippen LogP contribution >= 0.6 is 0 Å². The summed E-state index contributed by atoms with van der Waals surface area (Å²) in [5.41, 5.74) is 2.46. The number of unbranched alkanes of at least 4 members (excludes halogenated alkanes) is 2. The first kappa shape index (κ1) is 15.6. The van der Waals surface area contributed by atoms with Gasteiger partial charge < -0.3 is 0 Å². The van der Waals surface area contributed by atoms with Crippen LogP contribution < -0.4 is 0 Å². The maximum absolute atomic E-state index is 2.41. The molecule has 2 saturated carbocycles. The van der Waals surface area contributed by atoms with Crippen molar-refractivity contribution in [2.45, 2.75) is 114 Å². The highest BCUT2D eigenvalue weighted by Gasteiger charge is 2.47. The fourth-order valence-corrected chi connectivity index (χ4v) is 13.0. The van der Waals surface area contributed by atoms with Crippen LogP contribution in [0.25, 0.3) is 0 Å². The van der Waals surface area contributed by atoms with Crippen molar-refractivity contribution in [2.75, 3.05) is 0 Å². The minimum atomic E-state index is -0.971. The average Bonchev–Trinajstić information content (AvgIpc) is 3.12. The van der Waals surface area contributed by atoms with Crippen molar-refractivity contribution in [1.82, 2.24) is 0 Å². The summed E-state index contributed by atoms with van der Waals surface area (Å²) in [7, 11) is -0.971. The largest absolute Gasteiger partial charge is 0.0654 e. The zero-order valence-electron chi connectivity index (χ0n) is 13.6. The van der Waals surface area contributed by atoms with Gasteiger partial charge in [0.25, 0.3) is 0 Å². The van der Waals surface area contributed by atoms with E-state index in [1.165, 1.54) is 23.9 Å². The molecule has 2 rings (SSSR count). The molecule has 0 aromatic heterocycles. The van der Waals surface area contributed by atoms with Gasteiger partial charge in [-0.2, -0.15) is 0 Å². The summed E-state index contributed by atoms with van der Waals surface area (Å²) < 4.78 is 0. The molecular weight excluding hydrogens is 244 g/mol. The van der Waals surface area contributed by atoms with Crippen molar-refractivity contribution in [2.24, 2.45) is 0 Å². The van der Waals surface area contributed by atoms with Gasteiger partial charge in [-0.15, -0.1) is 0 Å². The highest BCUT2D eigenvalue weighted by atomic mass is 28.3. The van der Waals surface area contributed by atoms with Crippen molar-refractivity contribution in [3.05, 3.63) is 0 Å². The van der Waals surface area contributed by atoms with Crippen LogP contribution in [0.2, 0.25) is 23.2 Å². The molecule has 0 heterocycles. The second-order valence-corrected chi connectivity index (χ2v) is 12.5. The third-order valence-electron chi connectivity index (χ3n) is 6.33. The van der Waals surface area contributed by atoms with E-state index in [1.54, 1.807) is 76.3 Å². The molecule has 2 aliphatic carbocycles. The summed E-state index contributed by atoms with van der Waals surface area (Å²) in [5, 5.41) is 0. The van der Waals surface area contributed by atoms with E-state index in [4.69, 9.17) is 0 Å². The lowest BCUT2D eigenvalue weighted by Gasteiger charge is -2.43. The molecule has 0 aliphatic heterocycles. The van der Waals surface area contributed by atoms with E-state index < -0.39 is 8.07 Å². The molecule has 0 radical (unpaired) electrons. The smallest absolute Gasteiger partial charge is 0.0598 e. The van der Waals surface area contributed by atoms with Crippen LogP contribution in [0.4, 0.5) is 0 Å². The highest BCUT2D eigenvalue weighted by Crippen LogP contribution is 2.54. The number of hydrogen-bond donors (Lipinski definition) is 0. The fraction of sp³-hybridized carbons (Fsp3) is 1.00. The molecule has 1 heteroatoms. The van der Waals surface area contributed by atoms with Gasteiger partial charge in [-0.3, -0.25) is 0 Å². The lowest BCUT2D eigenvalue weighted by Crippen LogP contribution is -2.43. The van der Waals surface area contributed by atoms with Crippen LogP contribution in [0.15, 0.2) is 0 Å². The molecule has 0 unspecified atom stereocenters. The predicted octanol–water partition coefficient (Wildman–Crippen LogP) is 6.92. The van der Waals surface area contributed by atoms with Gasteiger partial charge in [0.1, 0.15) is 0 Å². The summed E-state index contributed by atoms with van der Waals surface area (Å²) in [6, 6.07) is 3.39. The second-order valence-electron chi connectivity index (χ2n) is 7.40. The summed E-state index contributed by atoms with van der Waals surface area (Å²) in [6.07, 6.45) is 18.7. The normalized spacial score (nSPS) is 22.4. The van der Waals surface area contributed by atoms with Crippen molar-refractivity contribution >= 4 is 8.07 Å². The van der Waals surface area contributed by atoms with Crippen molar-refractivity contribution in [3.8, 4) is 0 Å². The Kier molecular flexibility index (Phi) is 6.45. The first-order chi connectivity index (χ1) is 9.33. The van der Waals surface area contributed by atoms with Crippen LogP contribution in [0.5, 0.6) is 0 Å². The number of hydrogen-bond acceptors (Lipinski definition) is 0. The molecule has 0 N–H and O–H groups in total. The van der Waals surface area contributed by atoms with E-state index in [0.29, 0.717) is 0 Å². The van der Waals surface area contributed by atoms with Crippen LogP contribution in [-0.2, 0) is 0 Å². The molecule has 0 aromatic rings. The van der Waals surface area contributed by atoms with E-state index in [9.17, 15) is 0 Å². The summed E-state index contributed by atoms with van der Waals surface area (Å²) >= 11 is 0. The summed E-state index contributed by atoms with van der Waals surface area (Å²) in [5.74, 6) is 0. The van der Waals surface area contributed by atoms with Gasteiger partial charge >= 0.3 is 0 Å². The Hall–Kier alpha value is 0.217. The van der Waals surface area contributed by atoms with Gasteiger partial charge in [0.05, 0.1) is 8.07 Å². The van der Waals surface area contributed by atoms with E-state index in [1.807, 2.05) is 0 Å². The number of rotatable bonds is 8. The molecule has 0 nitrogen and oxygen atoms in total. The Morgan fingerprint density at radius 3 is 1.37 bits per heavy atom. The quantitative estimate of drug-likeness (QED) is 0.423. The first-order valence-electron chi connectivity index (χ1n) is 9.33. The Labute approximate surface area is 122 Å². The minimum Gasteiger partial charge on any atom is -0.0654 e. The molecular formula is C18H36Si. The van der Waals surface area contributed by atoms with Gasteiger partial charge in [-0.05, 0) is 11.1 Å². The molecule has 0 saturated heterocycles. The van der Waals surface area contributed by atoms with Gasteiger partial charge in [0.15, 0.2) is 0 Å². The van der Waals surface area contributed by atoms with Gasteiger partial charge in [-0.25, -0.2) is 0 Å². The van der Waals surface area contributed by atoms with E-state index >= 15 is 0 Å². The van der Waals surface area contributed by atoms with Crippen LogP contribution in [0.1, 0.15) is 90.9 Å². The van der Waals surface area contributed by atoms with Crippen molar-refractivity contribution < 1.29 is 0 Å². The van der Waals surface area contributed by atoms with Crippen LogP contribution in [0, 0.1) is 0 Å². The molecule has 0 aromatic carbocycles. The minimum absolute atomic E-state index is 0.971. The molecule has 0 atom stereocenters. The lowest BCUT2D eigenvalue weighted by molar-refractivity contribution is 0.687. The average molecular weight is 281 g/mol. The first-order valence-corrected chi connectivity index (χ1v) is 11.9. The van der Waals surface area contributed by atoms with Crippen LogP contribution in [-0.4, -0.2) is 8.07 Å². The summed E-state index contributed by atoms with van der Waals surface area (Å²) in [6.45, 7) is 4.81. The Morgan fingerprint density at radius 2 is 1.05 bits per heavy atom. The molecule has 0 spiro atoms. The van der Waals surface area contributed by atoms with E-state index in [-0.39, 0.29) is 0 Å². The van der Waals surface area contributed by atoms with Crippen molar-refractivity contribution in [1.29, 1.82) is 0 Å². The van der Waals surface area contributed by atoms with Crippen molar-refractivity contribution in [3.63, 3.8) is 0 Å². The fourth-order valence-electron chi connectivity index (χ4n) is 5.29. The monoisotopic (exact) mass is 280 g/mol. The molecule has 112 valence electrons. The third-order valence-corrected chi connectivity index (χ3v) is 13.3. The SMILES string of the molecule is CCCC[Si](CCCC)(C1CCCC1)C1CCCC1. The highest BCUT2D eigenvalue weighted by molar-refractivity contribution is 6.82. The predicted molar refractivity (Wildman–Crippen MR) is 89.6 cm³/mol. The summed E-state index contributed by atoms with van der Waals surface area (Å²) in [4.78, 5) is 0. The van der Waals surface area contributed by atoms with Gasteiger partial charge in [-0.1, -0.05) is 103 Å². The molecule has 0 bridgehead atoms. The molecule has 19 heavy (non-hydrogen) atoms. The van der Waals surface area contributed by atoms with Gasteiger partial charge in [0.2, 0.25) is 0 Å². The third kappa shape index (κ3) is 3.65. The second kappa shape index (κ2) is 7.86.